The van der Waals surface area contributed by atoms with Crippen molar-refractivity contribution in [1.82, 2.24) is 4.72 Å². The number of sulfonamides is 1. The summed E-state index contributed by atoms with van der Waals surface area (Å²) in [5, 5.41) is 9.63. The van der Waals surface area contributed by atoms with Gasteiger partial charge in [-0.15, -0.1) is 0 Å². The number of nitrogens with one attached hydrogen (secondary N) is 1. The number of aliphatic hydroxyl groups is 1. The molecule has 1 saturated carbocycles. The summed E-state index contributed by atoms with van der Waals surface area (Å²) in [5.74, 6) is 0. The molecule has 1 aliphatic rings. The zero-order chi connectivity index (χ0) is 14.9. The predicted molar refractivity (Wildman–Crippen MR) is 85.2 cm³/mol. The van der Waals surface area contributed by atoms with Gasteiger partial charge in [0.2, 0.25) is 10.0 Å². The summed E-state index contributed by atoms with van der Waals surface area (Å²) in [7, 11) is -3.59. The molecule has 4 nitrogen and oxygen atoms in total. The van der Waals surface area contributed by atoms with Gasteiger partial charge in [0, 0.05) is 15.0 Å². The summed E-state index contributed by atoms with van der Waals surface area (Å²) in [6, 6.07) is 3.17. The summed E-state index contributed by atoms with van der Waals surface area (Å²) in [6.07, 6.45) is 2.42. The van der Waals surface area contributed by atoms with E-state index in [1.54, 1.807) is 12.1 Å². The highest BCUT2D eigenvalue weighted by atomic mass is 79.9. The molecule has 0 aliphatic heterocycles. The number of rotatable bonds is 3. The Morgan fingerprint density at radius 2 is 1.95 bits per heavy atom. The van der Waals surface area contributed by atoms with E-state index in [9.17, 15) is 13.5 Å². The van der Waals surface area contributed by atoms with Gasteiger partial charge in [-0.25, -0.2) is 13.1 Å². The van der Waals surface area contributed by atoms with Gasteiger partial charge >= 0.3 is 0 Å². The number of hydrogen-bond acceptors (Lipinski definition) is 3. The van der Waals surface area contributed by atoms with Crippen LogP contribution in [0.1, 0.15) is 31.2 Å². The van der Waals surface area contributed by atoms with E-state index in [1.165, 1.54) is 0 Å². The van der Waals surface area contributed by atoms with Crippen LogP contribution in [0.5, 0.6) is 0 Å². The van der Waals surface area contributed by atoms with Crippen molar-refractivity contribution in [3.8, 4) is 0 Å². The lowest BCUT2D eigenvalue weighted by molar-refractivity contribution is 0.117. The van der Waals surface area contributed by atoms with Crippen LogP contribution in [0.15, 0.2) is 26.0 Å². The van der Waals surface area contributed by atoms with Crippen molar-refractivity contribution < 1.29 is 13.5 Å². The van der Waals surface area contributed by atoms with Gasteiger partial charge in [-0.3, -0.25) is 0 Å². The van der Waals surface area contributed by atoms with E-state index in [2.05, 4.69) is 36.6 Å². The molecule has 1 aliphatic carbocycles. The first-order chi connectivity index (χ1) is 9.29. The molecule has 0 radical (unpaired) electrons. The highest BCUT2D eigenvalue weighted by Gasteiger charge is 2.27. The van der Waals surface area contributed by atoms with Crippen molar-refractivity contribution in [3.63, 3.8) is 0 Å². The van der Waals surface area contributed by atoms with Crippen molar-refractivity contribution in [3.05, 3.63) is 26.6 Å². The van der Waals surface area contributed by atoms with E-state index in [0.29, 0.717) is 10.9 Å². The molecular weight excluding hydrogens is 410 g/mol. The van der Waals surface area contributed by atoms with E-state index in [-0.39, 0.29) is 10.9 Å². The summed E-state index contributed by atoms with van der Waals surface area (Å²) < 4.78 is 28.9. The topological polar surface area (TPSA) is 66.4 Å². The van der Waals surface area contributed by atoms with E-state index in [4.69, 9.17) is 0 Å². The van der Waals surface area contributed by atoms with Gasteiger partial charge < -0.3 is 5.11 Å². The molecule has 0 bridgehead atoms. The number of aryl methyl sites for hydroxylation is 1. The van der Waals surface area contributed by atoms with Gasteiger partial charge in [0.1, 0.15) is 0 Å². The molecule has 0 saturated heterocycles. The lowest BCUT2D eigenvalue weighted by atomic mass is 9.94. The highest BCUT2D eigenvalue weighted by molar-refractivity contribution is 9.11. The Hall–Kier alpha value is 0.0500. The molecule has 0 spiro atoms. The van der Waals surface area contributed by atoms with Crippen molar-refractivity contribution in [2.45, 2.75) is 49.6 Å². The highest BCUT2D eigenvalue weighted by Crippen LogP contribution is 2.29. The number of hydrogen-bond donors (Lipinski definition) is 2. The molecular formula is C13H17Br2NO3S. The summed E-state index contributed by atoms with van der Waals surface area (Å²) in [5.41, 5.74) is 0.962. The average Bonchev–Trinajstić information content (AvgIpc) is 2.33. The molecule has 1 aromatic rings. The molecule has 1 fully saturated rings. The molecule has 0 aromatic heterocycles. The van der Waals surface area contributed by atoms with E-state index >= 15 is 0 Å². The average molecular weight is 427 g/mol. The second-order valence-corrected chi connectivity index (χ2v) is 8.56. The normalized spacial score (nSPS) is 23.8. The largest absolute Gasteiger partial charge is 0.393 e. The van der Waals surface area contributed by atoms with Crippen LogP contribution in [0, 0.1) is 6.92 Å². The van der Waals surface area contributed by atoms with Gasteiger partial charge in [0.05, 0.1) is 11.0 Å². The number of aliphatic hydroxyl groups excluding tert-OH is 1. The summed E-state index contributed by atoms with van der Waals surface area (Å²) in [6.45, 7) is 1.90. The number of halogens is 2. The first-order valence-electron chi connectivity index (χ1n) is 6.45. The Balaban J connectivity index is 2.24. The maximum atomic E-state index is 12.4. The zero-order valence-corrected chi connectivity index (χ0v) is 15.1. The quantitative estimate of drug-likeness (QED) is 0.780. The lowest BCUT2D eigenvalue weighted by Crippen LogP contribution is -2.39. The molecule has 112 valence electrons. The fourth-order valence-corrected chi connectivity index (χ4v) is 5.35. The minimum Gasteiger partial charge on any atom is -0.393 e. The Kier molecular flexibility index (Phi) is 5.29. The van der Waals surface area contributed by atoms with E-state index < -0.39 is 16.1 Å². The second kappa shape index (κ2) is 6.44. The Morgan fingerprint density at radius 3 is 2.60 bits per heavy atom. The van der Waals surface area contributed by atoms with Crippen LogP contribution >= 0.6 is 31.9 Å². The third-order valence-electron chi connectivity index (χ3n) is 3.47. The fraction of sp³-hybridized carbons (Fsp3) is 0.538. The SMILES string of the molecule is Cc1cc(Br)c(S(=O)(=O)NC2CCCC(O)C2)cc1Br. The smallest absolute Gasteiger partial charge is 0.241 e. The van der Waals surface area contributed by atoms with E-state index in [0.717, 1.165) is 29.3 Å². The van der Waals surface area contributed by atoms with Crippen molar-refractivity contribution >= 4 is 41.9 Å². The monoisotopic (exact) mass is 425 g/mol. The lowest BCUT2D eigenvalue weighted by Gasteiger charge is -2.26. The van der Waals surface area contributed by atoms with Crippen LogP contribution in [-0.2, 0) is 10.0 Å². The fourth-order valence-electron chi connectivity index (χ4n) is 2.39. The molecule has 2 N–H and O–H groups in total. The first-order valence-corrected chi connectivity index (χ1v) is 9.52. The third-order valence-corrected chi connectivity index (χ3v) is 6.80. The first kappa shape index (κ1) is 16.4. The van der Waals surface area contributed by atoms with Gasteiger partial charge in [0.15, 0.2) is 0 Å². The molecule has 2 unspecified atom stereocenters. The Labute approximate surface area is 136 Å². The van der Waals surface area contributed by atoms with Crippen molar-refractivity contribution in [2.24, 2.45) is 0 Å². The molecule has 2 atom stereocenters. The van der Waals surface area contributed by atoms with Gasteiger partial charge in [-0.2, -0.15) is 0 Å². The second-order valence-electron chi connectivity index (χ2n) is 5.17. The summed E-state index contributed by atoms with van der Waals surface area (Å²) >= 11 is 6.66. The zero-order valence-electron chi connectivity index (χ0n) is 11.1. The standard InChI is InChI=1S/C13H17Br2NO3S/c1-8-5-12(15)13(7-11(8)14)20(18,19)16-9-3-2-4-10(17)6-9/h5,7,9-10,16-17H,2-4,6H2,1H3. The van der Waals surface area contributed by atoms with Crippen LogP contribution in [0.3, 0.4) is 0 Å². The maximum Gasteiger partial charge on any atom is 0.241 e. The predicted octanol–water partition coefficient (Wildman–Crippen LogP) is 3.10. The van der Waals surface area contributed by atoms with Crippen molar-refractivity contribution in [2.75, 3.05) is 0 Å². The van der Waals surface area contributed by atoms with Crippen LogP contribution in [-0.4, -0.2) is 25.7 Å². The van der Waals surface area contributed by atoms with Crippen LogP contribution < -0.4 is 4.72 Å². The molecule has 0 amide bonds. The molecule has 0 heterocycles. The molecule has 1 aromatic carbocycles. The Bertz CT molecular complexity index is 604. The maximum absolute atomic E-state index is 12.4. The van der Waals surface area contributed by atoms with Crippen LogP contribution in [0.2, 0.25) is 0 Å². The molecule has 2 rings (SSSR count). The molecule has 7 heteroatoms. The van der Waals surface area contributed by atoms with Gasteiger partial charge in [0.25, 0.3) is 0 Å². The summed E-state index contributed by atoms with van der Waals surface area (Å²) in [4.78, 5) is 0.218. The van der Waals surface area contributed by atoms with Gasteiger partial charge in [-0.1, -0.05) is 15.9 Å². The number of benzene rings is 1. The van der Waals surface area contributed by atoms with Crippen molar-refractivity contribution in [1.29, 1.82) is 0 Å². The van der Waals surface area contributed by atoms with Crippen LogP contribution in [0.4, 0.5) is 0 Å². The molecule has 20 heavy (non-hydrogen) atoms. The minimum absolute atomic E-state index is 0.198. The Morgan fingerprint density at radius 1 is 1.25 bits per heavy atom. The third kappa shape index (κ3) is 3.82. The minimum atomic E-state index is -3.59. The van der Waals surface area contributed by atoms with E-state index in [1.807, 2.05) is 6.92 Å². The van der Waals surface area contributed by atoms with Gasteiger partial charge in [-0.05, 0) is 66.2 Å². The van der Waals surface area contributed by atoms with Crippen LogP contribution in [0.25, 0.3) is 0 Å².